The van der Waals surface area contributed by atoms with Crippen LogP contribution in [0.5, 0.6) is 0 Å². The average Bonchev–Trinajstić information content (AvgIpc) is 2.03. The molecule has 0 aromatic carbocycles. The molecule has 0 aliphatic carbocycles. The van der Waals surface area contributed by atoms with Crippen molar-refractivity contribution in [3.05, 3.63) is 0 Å². The molecule has 0 aliphatic heterocycles. The van der Waals surface area contributed by atoms with Gasteiger partial charge in [0.25, 0.3) is 0 Å². The first-order chi connectivity index (χ1) is 6.60. The van der Waals surface area contributed by atoms with Gasteiger partial charge in [0.15, 0.2) is 0 Å². The Morgan fingerprint density at radius 3 is 1.57 bits per heavy atom. The fourth-order valence-corrected chi connectivity index (χ4v) is 17.4. The molecule has 0 heterocycles. The van der Waals surface area contributed by atoms with E-state index in [-0.39, 0.29) is 0 Å². The standard InChI is InChI=1S/C8H20IO3SiTe/c1-5-10-13(11-6-2,12-7-3)8-14(4)9/h5-8H2,1-4H3. The van der Waals surface area contributed by atoms with Crippen LogP contribution in [0.4, 0.5) is 0 Å². The zero-order chi connectivity index (χ0) is 11.0. The van der Waals surface area contributed by atoms with E-state index in [2.05, 4.69) is 23.7 Å². The minimum absolute atomic E-state index is 0.689. The van der Waals surface area contributed by atoms with Crippen molar-refractivity contribution >= 4 is 43.1 Å². The molecule has 0 saturated heterocycles. The molecule has 0 N–H and O–H groups in total. The first-order valence-electron chi connectivity index (χ1n) is 4.80. The molecule has 0 unspecified atom stereocenters. The van der Waals surface area contributed by atoms with Crippen molar-refractivity contribution in [3.63, 3.8) is 0 Å². The van der Waals surface area contributed by atoms with Crippen molar-refractivity contribution in [2.75, 3.05) is 19.8 Å². The van der Waals surface area contributed by atoms with Gasteiger partial charge in [-0.15, -0.1) is 0 Å². The predicted octanol–water partition coefficient (Wildman–Crippen LogP) is 2.63. The molecule has 0 aromatic heterocycles. The molecule has 1 radical (unpaired) electrons. The summed E-state index contributed by atoms with van der Waals surface area (Å²) in [7, 11) is -2.29. The monoisotopic (exact) mass is 449 g/mol. The van der Waals surface area contributed by atoms with E-state index < -0.39 is 24.4 Å². The Morgan fingerprint density at radius 1 is 1.00 bits per heavy atom. The van der Waals surface area contributed by atoms with E-state index in [1.165, 1.54) is 0 Å². The SMILES string of the molecule is CCO[Si](C[Te](C)I)(OCC)OCC. The van der Waals surface area contributed by atoms with E-state index in [0.717, 1.165) is 4.09 Å². The normalized spacial score (nSPS) is 12.4. The molecular weight excluding hydrogens is 427 g/mol. The van der Waals surface area contributed by atoms with Crippen molar-refractivity contribution < 1.29 is 13.3 Å². The summed E-state index contributed by atoms with van der Waals surface area (Å²) < 4.78 is 18.3. The summed E-state index contributed by atoms with van der Waals surface area (Å²) in [6.07, 6.45) is 0. The topological polar surface area (TPSA) is 27.7 Å². The zero-order valence-electron chi connectivity index (χ0n) is 9.34. The van der Waals surface area contributed by atoms with Gasteiger partial charge in [-0.1, -0.05) is 0 Å². The Labute approximate surface area is 105 Å². The van der Waals surface area contributed by atoms with E-state index in [4.69, 9.17) is 13.3 Å². The first-order valence-corrected chi connectivity index (χ1v) is 17.5. The van der Waals surface area contributed by atoms with E-state index >= 15 is 0 Å². The van der Waals surface area contributed by atoms with Crippen LogP contribution < -0.4 is 0 Å². The minimum atomic E-state index is -2.29. The van der Waals surface area contributed by atoms with Gasteiger partial charge in [-0.2, -0.15) is 0 Å². The third-order valence-corrected chi connectivity index (χ3v) is 17.1. The number of hydrogen-bond donors (Lipinski definition) is 0. The van der Waals surface area contributed by atoms with Crippen molar-refractivity contribution in [1.29, 1.82) is 0 Å². The van der Waals surface area contributed by atoms with Crippen LogP contribution in [0.1, 0.15) is 20.8 Å². The van der Waals surface area contributed by atoms with Crippen LogP contribution >= 0.6 is 18.7 Å². The Kier molecular flexibility index (Phi) is 9.74. The maximum absolute atomic E-state index is 5.75. The van der Waals surface area contributed by atoms with Crippen LogP contribution in [0.15, 0.2) is 0 Å². The van der Waals surface area contributed by atoms with Gasteiger partial charge in [-0.05, 0) is 0 Å². The third-order valence-electron chi connectivity index (χ3n) is 1.47. The molecule has 0 aliphatic rings. The van der Waals surface area contributed by atoms with Gasteiger partial charge < -0.3 is 0 Å². The van der Waals surface area contributed by atoms with Gasteiger partial charge in [0.1, 0.15) is 0 Å². The molecule has 0 fully saturated rings. The summed E-state index contributed by atoms with van der Waals surface area (Å²) in [5.41, 5.74) is 0. The quantitative estimate of drug-likeness (QED) is 0.424. The summed E-state index contributed by atoms with van der Waals surface area (Å²) in [5, 5.41) is 0. The fourth-order valence-electron chi connectivity index (χ4n) is 1.15. The van der Waals surface area contributed by atoms with Crippen molar-refractivity contribution in [1.82, 2.24) is 0 Å². The molecule has 0 rings (SSSR count). The van der Waals surface area contributed by atoms with Gasteiger partial charge >= 0.3 is 106 Å². The Balaban J connectivity index is 4.37. The first kappa shape index (κ1) is 15.6. The second-order valence-electron chi connectivity index (χ2n) is 2.68. The zero-order valence-corrected chi connectivity index (χ0v) is 14.8. The Morgan fingerprint density at radius 2 is 1.36 bits per heavy atom. The fraction of sp³-hybridized carbons (Fsp3) is 1.00. The molecule has 87 valence electrons. The Bertz CT molecular complexity index is 132. The van der Waals surface area contributed by atoms with Crippen molar-refractivity contribution in [3.8, 4) is 0 Å². The number of rotatable bonds is 8. The molecule has 14 heavy (non-hydrogen) atoms. The Hall–Kier alpha value is 1.62. The maximum atomic E-state index is 5.75. The summed E-state index contributed by atoms with van der Waals surface area (Å²) in [6.45, 7) is 8.08. The second kappa shape index (κ2) is 8.73. The molecule has 0 bridgehead atoms. The molecular formula is C8H20IO3SiTe. The van der Waals surface area contributed by atoms with Crippen LogP contribution in [0.3, 0.4) is 0 Å². The summed E-state index contributed by atoms with van der Waals surface area (Å²) in [5.74, 6) is 0. The van der Waals surface area contributed by atoms with Gasteiger partial charge in [-0.25, -0.2) is 0 Å². The van der Waals surface area contributed by atoms with Crippen LogP contribution in [0.2, 0.25) is 9.06 Å². The molecule has 0 aromatic rings. The molecule has 0 amide bonds. The van der Waals surface area contributed by atoms with Crippen molar-refractivity contribution in [2.24, 2.45) is 0 Å². The van der Waals surface area contributed by atoms with Crippen LogP contribution in [0.25, 0.3) is 0 Å². The molecule has 0 spiro atoms. The molecule has 0 atom stereocenters. The molecule has 6 heteroatoms. The van der Waals surface area contributed by atoms with Gasteiger partial charge in [0.05, 0.1) is 0 Å². The van der Waals surface area contributed by atoms with Gasteiger partial charge in [0.2, 0.25) is 0 Å². The van der Waals surface area contributed by atoms with Crippen LogP contribution in [0, 0.1) is 0 Å². The molecule has 0 saturated carbocycles. The second-order valence-corrected chi connectivity index (χ2v) is 20.9. The summed E-state index contributed by atoms with van der Waals surface area (Å²) >= 11 is 1.54. The van der Waals surface area contributed by atoms with Crippen LogP contribution in [-0.4, -0.2) is 44.2 Å². The summed E-state index contributed by atoms with van der Waals surface area (Å²) in [6, 6.07) is 0. The molecule has 3 nitrogen and oxygen atoms in total. The van der Waals surface area contributed by atoms with E-state index in [1.54, 1.807) is 0 Å². The predicted molar refractivity (Wildman–Crippen MR) is 71.1 cm³/mol. The third kappa shape index (κ3) is 6.25. The number of halogens is 1. The van der Waals surface area contributed by atoms with Gasteiger partial charge in [0, 0.05) is 0 Å². The number of hydrogen-bond acceptors (Lipinski definition) is 3. The van der Waals surface area contributed by atoms with Crippen LogP contribution in [-0.2, 0) is 13.3 Å². The van der Waals surface area contributed by atoms with E-state index in [1.807, 2.05) is 20.8 Å². The summed E-state index contributed by atoms with van der Waals surface area (Å²) in [4.78, 5) is 2.32. The van der Waals surface area contributed by atoms with Gasteiger partial charge in [-0.3, -0.25) is 0 Å². The average molecular weight is 447 g/mol. The van der Waals surface area contributed by atoms with Crippen molar-refractivity contribution in [2.45, 2.75) is 29.8 Å². The van der Waals surface area contributed by atoms with E-state index in [0.29, 0.717) is 19.8 Å². The van der Waals surface area contributed by atoms with E-state index in [9.17, 15) is 0 Å².